The van der Waals surface area contributed by atoms with Crippen molar-refractivity contribution in [3.8, 4) is 5.75 Å². The summed E-state index contributed by atoms with van der Waals surface area (Å²) in [6, 6.07) is 11.2. The number of rotatable bonds is 7. The number of hydrogen-bond donors (Lipinski definition) is 1. The monoisotopic (exact) mass is 357 g/mol. The number of aromatic nitrogens is 1. The van der Waals surface area contributed by atoms with Crippen molar-refractivity contribution in [1.82, 2.24) is 4.98 Å². The molecule has 1 heterocycles. The molecule has 0 aliphatic rings. The van der Waals surface area contributed by atoms with Crippen LogP contribution in [0.2, 0.25) is 0 Å². The molecule has 2 aromatic carbocycles. The van der Waals surface area contributed by atoms with Crippen molar-refractivity contribution in [1.29, 1.82) is 0 Å². The van der Waals surface area contributed by atoms with E-state index in [9.17, 15) is 14.9 Å². The smallest absolute Gasteiger partial charge is 0.269 e. The predicted octanol–water partition coefficient (Wildman–Crippen LogP) is 3.90. The van der Waals surface area contributed by atoms with Crippen LogP contribution in [0.15, 0.2) is 42.5 Å². The van der Waals surface area contributed by atoms with Gasteiger partial charge in [-0.3, -0.25) is 14.9 Å². The standard InChI is InChI=1S/C17H15N3O4S/c1-2-24-13-7-8-14-16(9-13)25-17(19-14)18-10-15(21)11-3-5-12(6-4-11)20(22)23/h3-9H,2,10H2,1H3,(H,18,19). The number of carbonyl (C=O) groups excluding carboxylic acids is 1. The van der Waals surface area contributed by atoms with E-state index in [1.807, 2.05) is 25.1 Å². The van der Waals surface area contributed by atoms with Gasteiger partial charge in [-0.05, 0) is 37.3 Å². The second-order valence-electron chi connectivity index (χ2n) is 5.16. The highest BCUT2D eigenvalue weighted by atomic mass is 32.1. The Morgan fingerprint density at radius 2 is 2.04 bits per heavy atom. The summed E-state index contributed by atoms with van der Waals surface area (Å²) in [5.41, 5.74) is 1.21. The van der Waals surface area contributed by atoms with Gasteiger partial charge in [0.25, 0.3) is 5.69 Å². The van der Waals surface area contributed by atoms with Gasteiger partial charge >= 0.3 is 0 Å². The minimum Gasteiger partial charge on any atom is -0.494 e. The Kier molecular flexibility index (Phi) is 4.90. The number of nitrogens with zero attached hydrogens (tertiary/aromatic N) is 2. The topological polar surface area (TPSA) is 94.4 Å². The molecule has 7 nitrogen and oxygen atoms in total. The number of Topliss-reactive ketones (excluding diaryl/α,β-unsaturated/α-hetero) is 1. The number of benzene rings is 2. The lowest BCUT2D eigenvalue weighted by Crippen LogP contribution is -2.13. The molecule has 0 amide bonds. The van der Waals surface area contributed by atoms with Gasteiger partial charge in [0.05, 0.1) is 28.3 Å². The van der Waals surface area contributed by atoms with Crippen molar-refractivity contribution in [2.45, 2.75) is 6.92 Å². The molecular weight excluding hydrogens is 342 g/mol. The molecule has 3 aromatic rings. The van der Waals surface area contributed by atoms with E-state index < -0.39 is 4.92 Å². The number of nitrogens with one attached hydrogen (secondary N) is 1. The lowest BCUT2D eigenvalue weighted by atomic mass is 10.1. The Hall–Kier alpha value is -3.00. The molecule has 0 saturated heterocycles. The van der Waals surface area contributed by atoms with E-state index in [1.165, 1.54) is 35.6 Å². The maximum absolute atomic E-state index is 12.2. The van der Waals surface area contributed by atoms with E-state index >= 15 is 0 Å². The summed E-state index contributed by atoms with van der Waals surface area (Å²) in [6.45, 7) is 2.59. The zero-order valence-electron chi connectivity index (χ0n) is 13.4. The molecule has 0 spiro atoms. The number of fused-ring (bicyclic) bond motifs is 1. The van der Waals surface area contributed by atoms with Crippen LogP contribution in [0.25, 0.3) is 10.2 Å². The summed E-state index contributed by atoms with van der Waals surface area (Å²) >= 11 is 1.44. The van der Waals surface area contributed by atoms with Crippen molar-refractivity contribution in [2.24, 2.45) is 0 Å². The number of ketones is 1. The maximum Gasteiger partial charge on any atom is 0.269 e. The third kappa shape index (κ3) is 3.92. The average Bonchev–Trinajstić information content (AvgIpc) is 3.02. The highest BCUT2D eigenvalue weighted by molar-refractivity contribution is 7.22. The third-order valence-electron chi connectivity index (χ3n) is 3.47. The van der Waals surface area contributed by atoms with Gasteiger partial charge in [-0.25, -0.2) is 4.98 Å². The van der Waals surface area contributed by atoms with Gasteiger partial charge in [-0.1, -0.05) is 11.3 Å². The van der Waals surface area contributed by atoms with Gasteiger partial charge in [0.2, 0.25) is 0 Å². The quantitative estimate of drug-likeness (QED) is 0.391. The van der Waals surface area contributed by atoms with E-state index in [2.05, 4.69) is 10.3 Å². The largest absolute Gasteiger partial charge is 0.494 e. The highest BCUT2D eigenvalue weighted by Crippen LogP contribution is 2.29. The zero-order valence-corrected chi connectivity index (χ0v) is 14.2. The van der Waals surface area contributed by atoms with E-state index in [0.717, 1.165) is 16.0 Å². The molecule has 0 aliphatic carbocycles. The van der Waals surface area contributed by atoms with Gasteiger partial charge in [-0.15, -0.1) is 0 Å². The number of hydrogen-bond acceptors (Lipinski definition) is 7. The first-order valence-electron chi connectivity index (χ1n) is 7.61. The fraction of sp³-hybridized carbons (Fsp3) is 0.176. The molecule has 1 N–H and O–H groups in total. The van der Waals surface area contributed by atoms with Crippen LogP contribution in [0.1, 0.15) is 17.3 Å². The second kappa shape index (κ2) is 7.27. The molecule has 8 heteroatoms. The van der Waals surface area contributed by atoms with E-state index in [1.54, 1.807) is 0 Å². The molecular formula is C17H15N3O4S. The SMILES string of the molecule is CCOc1ccc2nc(NCC(=O)c3ccc([N+](=O)[O-])cc3)sc2c1. The highest BCUT2D eigenvalue weighted by Gasteiger charge is 2.11. The number of ether oxygens (including phenoxy) is 1. The van der Waals surface area contributed by atoms with Crippen molar-refractivity contribution in [2.75, 3.05) is 18.5 Å². The van der Waals surface area contributed by atoms with Crippen LogP contribution in [0.4, 0.5) is 10.8 Å². The first-order valence-corrected chi connectivity index (χ1v) is 8.43. The van der Waals surface area contributed by atoms with Gasteiger partial charge in [0.15, 0.2) is 10.9 Å². The van der Waals surface area contributed by atoms with E-state index in [4.69, 9.17) is 4.74 Å². The molecule has 0 fully saturated rings. The Labute approximate surface area is 147 Å². The molecule has 25 heavy (non-hydrogen) atoms. The number of nitro groups is 1. The van der Waals surface area contributed by atoms with Crippen molar-refractivity contribution >= 4 is 38.2 Å². The minimum atomic E-state index is -0.496. The summed E-state index contributed by atoms with van der Waals surface area (Å²) in [5, 5.41) is 14.3. The van der Waals surface area contributed by atoms with Crippen molar-refractivity contribution < 1.29 is 14.5 Å². The fourth-order valence-electron chi connectivity index (χ4n) is 2.26. The van der Waals surface area contributed by atoms with Gasteiger partial charge in [0.1, 0.15) is 5.75 Å². The molecule has 1 aromatic heterocycles. The number of non-ortho nitro benzene ring substituents is 1. The molecule has 0 unspecified atom stereocenters. The van der Waals surface area contributed by atoms with Crippen LogP contribution in [-0.2, 0) is 0 Å². The second-order valence-corrected chi connectivity index (χ2v) is 6.19. The first kappa shape index (κ1) is 16.8. The number of anilines is 1. The first-order chi connectivity index (χ1) is 12.1. The Morgan fingerprint density at radius 1 is 1.28 bits per heavy atom. The summed E-state index contributed by atoms with van der Waals surface area (Å²) in [4.78, 5) is 26.7. The Bertz CT molecular complexity index is 921. The Balaban J connectivity index is 1.67. The molecule has 0 aliphatic heterocycles. The predicted molar refractivity (Wildman–Crippen MR) is 96.7 cm³/mol. The number of thiazole rings is 1. The van der Waals surface area contributed by atoms with E-state index in [0.29, 0.717) is 17.3 Å². The fourth-order valence-corrected chi connectivity index (χ4v) is 3.15. The van der Waals surface area contributed by atoms with Crippen LogP contribution in [0.3, 0.4) is 0 Å². The van der Waals surface area contributed by atoms with Crippen LogP contribution < -0.4 is 10.1 Å². The number of nitro benzene ring substituents is 1. The molecule has 0 atom stereocenters. The normalized spacial score (nSPS) is 10.6. The van der Waals surface area contributed by atoms with Crippen LogP contribution >= 0.6 is 11.3 Å². The van der Waals surface area contributed by atoms with Crippen LogP contribution in [-0.4, -0.2) is 28.8 Å². The lowest BCUT2D eigenvalue weighted by Gasteiger charge is -2.02. The summed E-state index contributed by atoms with van der Waals surface area (Å²) in [7, 11) is 0. The molecule has 0 bridgehead atoms. The minimum absolute atomic E-state index is 0.0409. The maximum atomic E-state index is 12.2. The summed E-state index contributed by atoms with van der Waals surface area (Å²) in [5.74, 6) is 0.622. The average molecular weight is 357 g/mol. The molecule has 128 valence electrons. The van der Waals surface area contributed by atoms with Crippen molar-refractivity contribution in [3.05, 3.63) is 58.1 Å². The Morgan fingerprint density at radius 3 is 2.72 bits per heavy atom. The van der Waals surface area contributed by atoms with Gasteiger partial charge in [-0.2, -0.15) is 0 Å². The van der Waals surface area contributed by atoms with E-state index in [-0.39, 0.29) is 18.0 Å². The summed E-state index contributed by atoms with van der Waals surface area (Å²) in [6.07, 6.45) is 0. The third-order valence-corrected chi connectivity index (χ3v) is 4.45. The molecule has 0 saturated carbocycles. The lowest BCUT2D eigenvalue weighted by molar-refractivity contribution is -0.384. The molecule has 0 radical (unpaired) electrons. The van der Waals surface area contributed by atoms with Gasteiger partial charge < -0.3 is 10.1 Å². The van der Waals surface area contributed by atoms with Crippen LogP contribution in [0, 0.1) is 10.1 Å². The van der Waals surface area contributed by atoms with Crippen LogP contribution in [0.5, 0.6) is 5.75 Å². The van der Waals surface area contributed by atoms with Gasteiger partial charge in [0, 0.05) is 17.7 Å². The van der Waals surface area contributed by atoms with Crippen molar-refractivity contribution in [3.63, 3.8) is 0 Å². The molecule has 3 rings (SSSR count). The zero-order chi connectivity index (χ0) is 17.8. The summed E-state index contributed by atoms with van der Waals surface area (Å²) < 4.78 is 6.43. The number of carbonyl (C=O) groups is 1.